The molecule has 0 bridgehead atoms. The fourth-order valence-electron chi connectivity index (χ4n) is 3.66. The van der Waals surface area contributed by atoms with Gasteiger partial charge in [0.2, 0.25) is 5.91 Å². The van der Waals surface area contributed by atoms with E-state index in [0.717, 1.165) is 40.9 Å². The first-order valence-corrected chi connectivity index (χ1v) is 10.6. The summed E-state index contributed by atoms with van der Waals surface area (Å²) >= 11 is 0. The first-order valence-electron chi connectivity index (χ1n) is 10.6. The summed E-state index contributed by atoms with van der Waals surface area (Å²) in [5.41, 5.74) is 5.00. The van der Waals surface area contributed by atoms with Crippen molar-refractivity contribution >= 4 is 5.91 Å². The van der Waals surface area contributed by atoms with Gasteiger partial charge in [-0.3, -0.25) is 9.78 Å². The molecular weight excluding hydrogens is 396 g/mol. The van der Waals surface area contributed by atoms with E-state index in [-0.39, 0.29) is 11.9 Å². The molecule has 0 radical (unpaired) electrons. The Balaban J connectivity index is 1.42. The molecule has 8 heteroatoms. The van der Waals surface area contributed by atoms with Crippen LogP contribution in [0.1, 0.15) is 36.8 Å². The lowest BCUT2D eigenvalue weighted by Gasteiger charge is -2.25. The lowest BCUT2D eigenvalue weighted by Crippen LogP contribution is -2.41. The lowest BCUT2D eigenvalue weighted by atomic mass is 10.1. The van der Waals surface area contributed by atoms with Crippen molar-refractivity contribution in [2.75, 3.05) is 19.8 Å². The third kappa shape index (κ3) is 4.96. The Bertz CT molecular complexity index is 1000. The molecule has 0 unspecified atom stereocenters. The highest BCUT2D eigenvalue weighted by Crippen LogP contribution is 2.27. The summed E-state index contributed by atoms with van der Waals surface area (Å²) in [5.74, 6) is 1.31. The van der Waals surface area contributed by atoms with Crippen LogP contribution in [0.5, 0.6) is 0 Å². The monoisotopic (exact) mass is 424 g/mol. The van der Waals surface area contributed by atoms with E-state index < -0.39 is 0 Å². The molecule has 0 aliphatic carbocycles. The number of hydrogen-bond acceptors (Lipinski definition) is 7. The Hall–Kier alpha value is -3.13. The van der Waals surface area contributed by atoms with Gasteiger partial charge in [-0.2, -0.15) is 0 Å². The van der Waals surface area contributed by atoms with Crippen molar-refractivity contribution in [1.29, 1.82) is 0 Å². The van der Waals surface area contributed by atoms with E-state index in [1.165, 1.54) is 0 Å². The minimum atomic E-state index is -0.0400. The van der Waals surface area contributed by atoms with E-state index in [0.29, 0.717) is 43.6 Å². The van der Waals surface area contributed by atoms with E-state index in [4.69, 9.17) is 14.0 Å². The van der Waals surface area contributed by atoms with Crippen LogP contribution in [0.4, 0.5) is 0 Å². The largest absolute Gasteiger partial charge is 0.474 e. The average Bonchev–Trinajstić information content (AvgIpc) is 3.14. The topological polar surface area (TPSA) is 98.5 Å². The number of nitrogens with one attached hydrogen (secondary N) is 2. The first kappa shape index (κ1) is 21.1. The summed E-state index contributed by atoms with van der Waals surface area (Å²) in [6, 6.07) is 4.09. The number of carbonyl (C=O) groups excluding carboxylic acids is 1. The molecule has 2 N–H and O–H groups in total. The van der Waals surface area contributed by atoms with Crippen LogP contribution in [-0.2, 0) is 20.9 Å². The van der Waals surface area contributed by atoms with Crippen LogP contribution < -0.4 is 10.6 Å². The fourth-order valence-corrected chi connectivity index (χ4v) is 3.66. The van der Waals surface area contributed by atoms with Crippen molar-refractivity contribution < 1.29 is 18.8 Å². The summed E-state index contributed by atoms with van der Waals surface area (Å²) in [7, 11) is 0. The number of carbonyl (C=O) groups is 1. The summed E-state index contributed by atoms with van der Waals surface area (Å²) < 4.78 is 16.8. The fraction of sp³-hybridized carbons (Fsp3) is 0.435. The normalized spacial score (nSPS) is 17.2. The van der Waals surface area contributed by atoms with Crippen LogP contribution in [0.3, 0.4) is 0 Å². The molecule has 31 heavy (non-hydrogen) atoms. The van der Waals surface area contributed by atoms with Crippen molar-refractivity contribution in [2.45, 2.75) is 46.3 Å². The molecule has 0 atom stereocenters. The van der Waals surface area contributed by atoms with Crippen LogP contribution in [-0.4, -0.2) is 41.8 Å². The Kier molecular flexibility index (Phi) is 6.36. The van der Waals surface area contributed by atoms with Crippen LogP contribution in [0, 0.1) is 13.8 Å². The van der Waals surface area contributed by atoms with Crippen molar-refractivity contribution in [3.63, 3.8) is 0 Å². The van der Waals surface area contributed by atoms with Crippen molar-refractivity contribution in [1.82, 2.24) is 20.8 Å². The molecule has 164 valence electrons. The zero-order valence-electron chi connectivity index (χ0n) is 18.2. The smallest absolute Gasteiger partial charge is 0.249 e. The van der Waals surface area contributed by atoms with Crippen LogP contribution >= 0.6 is 0 Å². The van der Waals surface area contributed by atoms with Gasteiger partial charge in [0.05, 0.1) is 5.56 Å². The molecule has 2 aromatic rings. The standard InChI is InChI=1S/C23H28N4O4/c1-14-10-18(22(28)26-19-6-8-29-9-7-19)12-25-23(14)30-13-20-16(3)31-27-21(20)17-5-4-15(2)24-11-17/h4-5,10-11,19,25H,6-9,12-13H2,1-3H3,(H,26,28). The minimum absolute atomic E-state index is 0.0400. The minimum Gasteiger partial charge on any atom is -0.474 e. The van der Waals surface area contributed by atoms with Gasteiger partial charge in [-0.15, -0.1) is 0 Å². The maximum atomic E-state index is 12.6. The van der Waals surface area contributed by atoms with Gasteiger partial charge in [-0.05, 0) is 51.8 Å². The predicted molar refractivity (Wildman–Crippen MR) is 115 cm³/mol. The van der Waals surface area contributed by atoms with E-state index in [9.17, 15) is 4.79 Å². The van der Waals surface area contributed by atoms with Gasteiger partial charge in [0.1, 0.15) is 18.1 Å². The third-order valence-electron chi connectivity index (χ3n) is 5.57. The zero-order chi connectivity index (χ0) is 21.8. The Labute approximate surface area is 181 Å². The van der Waals surface area contributed by atoms with Gasteiger partial charge >= 0.3 is 0 Å². The molecule has 2 aromatic heterocycles. The molecule has 2 aliphatic rings. The molecular formula is C23H28N4O4. The van der Waals surface area contributed by atoms with Crippen molar-refractivity contribution in [2.24, 2.45) is 0 Å². The number of amides is 1. The number of hydrogen-bond donors (Lipinski definition) is 2. The van der Waals surface area contributed by atoms with Gasteiger partial charge in [0, 0.05) is 54.4 Å². The maximum absolute atomic E-state index is 12.6. The van der Waals surface area contributed by atoms with Gasteiger partial charge in [-0.25, -0.2) is 0 Å². The lowest BCUT2D eigenvalue weighted by molar-refractivity contribution is -0.118. The second-order valence-electron chi connectivity index (χ2n) is 7.94. The molecule has 4 heterocycles. The number of rotatable bonds is 6. The summed E-state index contributed by atoms with van der Waals surface area (Å²) in [6.45, 7) is 7.84. The Morgan fingerprint density at radius 2 is 2.06 bits per heavy atom. The summed E-state index contributed by atoms with van der Waals surface area (Å²) in [6.07, 6.45) is 5.37. The molecule has 0 spiro atoms. The number of dihydropyridines is 1. The highest BCUT2D eigenvalue weighted by molar-refractivity contribution is 5.94. The van der Waals surface area contributed by atoms with Crippen LogP contribution in [0.2, 0.25) is 0 Å². The third-order valence-corrected chi connectivity index (χ3v) is 5.57. The van der Waals surface area contributed by atoms with Gasteiger partial charge < -0.3 is 24.6 Å². The summed E-state index contributed by atoms with van der Waals surface area (Å²) in [4.78, 5) is 16.9. The number of aromatic nitrogens is 2. The van der Waals surface area contributed by atoms with E-state index in [1.54, 1.807) is 6.20 Å². The number of pyridine rings is 1. The highest BCUT2D eigenvalue weighted by atomic mass is 16.5. The molecule has 8 nitrogen and oxygen atoms in total. The molecule has 1 amide bonds. The highest BCUT2D eigenvalue weighted by Gasteiger charge is 2.22. The van der Waals surface area contributed by atoms with Gasteiger partial charge in [0.15, 0.2) is 5.88 Å². The summed E-state index contributed by atoms with van der Waals surface area (Å²) in [5, 5.41) is 10.5. The SMILES string of the molecule is CC1=C(OCc2c(-c3ccc(C)nc3)noc2C)NCC(C(=O)NC2CCOCC2)=C1. The van der Waals surface area contributed by atoms with Crippen molar-refractivity contribution in [3.8, 4) is 11.3 Å². The quantitative estimate of drug-likeness (QED) is 0.736. The van der Waals surface area contributed by atoms with Crippen LogP contribution in [0.25, 0.3) is 11.3 Å². The number of nitrogens with zero attached hydrogens (tertiary/aromatic N) is 2. The second kappa shape index (κ2) is 9.34. The number of aryl methyl sites for hydroxylation is 2. The first-order chi connectivity index (χ1) is 15.0. The van der Waals surface area contributed by atoms with E-state index in [1.807, 2.05) is 39.0 Å². The van der Waals surface area contributed by atoms with Crippen LogP contribution in [0.15, 0.2) is 46.0 Å². The Morgan fingerprint density at radius 1 is 1.26 bits per heavy atom. The second-order valence-corrected chi connectivity index (χ2v) is 7.94. The van der Waals surface area contributed by atoms with E-state index in [2.05, 4.69) is 20.8 Å². The molecule has 0 saturated carbocycles. The maximum Gasteiger partial charge on any atom is 0.249 e. The molecule has 1 saturated heterocycles. The molecule has 1 fully saturated rings. The number of ether oxygens (including phenoxy) is 2. The average molecular weight is 425 g/mol. The molecule has 2 aliphatic heterocycles. The zero-order valence-corrected chi connectivity index (χ0v) is 18.2. The molecule has 0 aromatic carbocycles. The Morgan fingerprint density at radius 3 is 2.77 bits per heavy atom. The molecule has 4 rings (SSSR count). The van der Waals surface area contributed by atoms with Crippen molar-refractivity contribution in [3.05, 3.63) is 58.5 Å². The number of allylic oxidation sites excluding steroid dienone is 2. The van der Waals surface area contributed by atoms with E-state index >= 15 is 0 Å². The van der Waals surface area contributed by atoms with Gasteiger partial charge in [-0.1, -0.05) is 5.16 Å². The predicted octanol–water partition coefficient (Wildman–Crippen LogP) is 2.93. The van der Waals surface area contributed by atoms with Gasteiger partial charge in [0.25, 0.3) is 0 Å².